The average molecular weight is 254 g/mol. The second kappa shape index (κ2) is 6.46. The van der Waals surface area contributed by atoms with Crippen LogP contribution in [-0.4, -0.2) is 41.8 Å². The first-order valence-electron chi connectivity index (χ1n) is 6.12. The van der Waals surface area contributed by atoms with Gasteiger partial charge in [-0.05, 0) is 32.9 Å². The van der Waals surface area contributed by atoms with E-state index in [0.29, 0.717) is 11.7 Å². The standard InChI is InChI=1S/C11H18N4O3/c1-8-14-11(18-15-8)6-13-10(16)7-17-9-2-4-12-5-3-9/h9,12H,2-7H2,1H3,(H,13,16). The lowest BCUT2D eigenvalue weighted by Gasteiger charge is -2.22. The first-order valence-corrected chi connectivity index (χ1v) is 6.12. The van der Waals surface area contributed by atoms with Crippen LogP contribution in [0.4, 0.5) is 0 Å². The zero-order valence-corrected chi connectivity index (χ0v) is 10.4. The molecule has 0 radical (unpaired) electrons. The van der Waals surface area contributed by atoms with Crippen LogP contribution in [0.3, 0.4) is 0 Å². The number of ether oxygens (including phenoxy) is 1. The lowest BCUT2D eigenvalue weighted by atomic mass is 10.1. The van der Waals surface area contributed by atoms with Crippen molar-refractivity contribution >= 4 is 5.91 Å². The third-order valence-electron chi connectivity index (χ3n) is 2.74. The number of nitrogens with one attached hydrogen (secondary N) is 2. The van der Waals surface area contributed by atoms with Crippen LogP contribution in [0.5, 0.6) is 0 Å². The molecule has 2 rings (SSSR count). The van der Waals surface area contributed by atoms with Gasteiger partial charge in [-0.1, -0.05) is 5.16 Å². The Kier molecular flexibility index (Phi) is 4.66. The minimum absolute atomic E-state index is 0.0811. The quantitative estimate of drug-likeness (QED) is 0.754. The number of hydrogen-bond acceptors (Lipinski definition) is 6. The van der Waals surface area contributed by atoms with Gasteiger partial charge in [-0.2, -0.15) is 4.98 Å². The highest BCUT2D eigenvalue weighted by molar-refractivity contribution is 5.77. The van der Waals surface area contributed by atoms with Crippen LogP contribution in [0.15, 0.2) is 4.52 Å². The Morgan fingerprint density at radius 3 is 3.00 bits per heavy atom. The molecule has 1 aromatic heterocycles. The zero-order chi connectivity index (χ0) is 12.8. The molecule has 1 amide bonds. The second-order valence-corrected chi connectivity index (χ2v) is 4.27. The molecule has 0 saturated carbocycles. The lowest BCUT2D eigenvalue weighted by molar-refractivity contribution is -0.128. The highest BCUT2D eigenvalue weighted by atomic mass is 16.5. The van der Waals surface area contributed by atoms with Gasteiger partial charge < -0.3 is 19.9 Å². The highest BCUT2D eigenvalue weighted by Gasteiger charge is 2.15. The molecule has 1 aliphatic rings. The van der Waals surface area contributed by atoms with E-state index in [-0.39, 0.29) is 25.2 Å². The molecule has 100 valence electrons. The number of aryl methyl sites for hydroxylation is 1. The predicted molar refractivity (Wildman–Crippen MR) is 62.7 cm³/mol. The smallest absolute Gasteiger partial charge is 0.246 e. The van der Waals surface area contributed by atoms with Crippen LogP contribution in [-0.2, 0) is 16.1 Å². The molecule has 0 unspecified atom stereocenters. The van der Waals surface area contributed by atoms with Gasteiger partial charge in [0.1, 0.15) is 6.61 Å². The molecule has 7 heteroatoms. The maximum Gasteiger partial charge on any atom is 0.246 e. The van der Waals surface area contributed by atoms with Crippen LogP contribution in [0.25, 0.3) is 0 Å². The molecule has 2 N–H and O–H groups in total. The van der Waals surface area contributed by atoms with Gasteiger partial charge in [-0.3, -0.25) is 4.79 Å². The molecule has 1 aromatic rings. The number of carbonyl (C=O) groups is 1. The Morgan fingerprint density at radius 1 is 1.56 bits per heavy atom. The Morgan fingerprint density at radius 2 is 2.33 bits per heavy atom. The first-order chi connectivity index (χ1) is 8.74. The van der Waals surface area contributed by atoms with E-state index in [2.05, 4.69) is 20.8 Å². The van der Waals surface area contributed by atoms with E-state index in [9.17, 15) is 4.79 Å². The van der Waals surface area contributed by atoms with Crippen molar-refractivity contribution in [1.82, 2.24) is 20.8 Å². The van der Waals surface area contributed by atoms with E-state index in [0.717, 1.165) is 25.9 Å². The molecule has 0 aliphatic carbocycles. The molecule has 2 heterocycles. The molecule has 0 spiro atoms. The molecular weight excluding hydrogens is 236 g/mol. The number of hydrogen-bond donors (Lipinski definition) is 2. The van der Waals surface area contributed by atoms with Gasteiger partial charge in [0.05, 0.1) is 12.6 Å². The molecule has 7 nitrogen and oxygen atoms in total. The number of nitrogens with zero attached hydrogens (tertiary/aromatic N) is 2. The Hall–Kier alpha value is -1.47. The molecule has 1 aliphatic heterocycles. The van der Waals surface area contributed by atoms with E-state index in [4.69, 9.17) is 9.26 Å². The number of piperidine rings is 1. The van der Waals surface area contributed by atoms with Crippen molar-refractivity contribution in [3.05, 3.63) is 11.7 Å². The van der Waals surface area contributed by atoms with Crippen LogP contribution in [0, 0.1) is 6.92 Å². The molecule has 18 heavy (non-hydrogen) atoms. The Bertz CT molecular complexity index is 387. The number of carbonyl (C=O) groups excluding carboxylic acids is 1. The van der Waals surface area contributed by atoms with Crippen molar-refractivity contribution in [2.45, 2.75) is 32.4 Å². The zero-order valence-electron chi connectivity index (χ0n) is 10.4. The van der Waals surface area contributed by atoms with Crippen molar-refractivity contribution < 1.29 is 14.1 Å². The fourth-order valence-electron chi connectivity index (χ4n) is 1.79. The van der Waals surface area contributed by atoms with Crippen LogP contribution in [0.1, 0.15) is 24.6 Å². The van der Waals surface area contributed by atoms with E-state index in [1.807, 2.05) is 0 Å². The van der Waals surface area contributed by atoms with E-state index in [1.165, 1.54) is 0 Å². The molecule has 0 bridgehead atoms. The third-order valence-corrected chi connectivity index (χ3v) is 2.74. The summed E-state index contributed by atoms with van der Waals surface area (Å²) in [6.07, 6.45) is 2.09. The Labute approximate surface area is 105 Å². The SMILES string of the molecule is Cc1noc(CNC(=O)COC2CCNCC2)n1. The first kappa shape index (κ1) is 13.0. The molecular formula is C11H18N4O3. The van der Waals surface area contributed by atoms with Crippen molar-refractivity contribution in [2.24, 2.45) is 0 Å². The summed E-state index contributed by atoms with van der Waals surface area (Å²) in [4.78, 5) is 15.5. The van der Waals surface area contributed by atoms with Gasteiger partial charge in [0.15, 0.2) is 5.82 Å². The summed E-state index contributed by atoms with van der Waals surface area (Å²) in [6.45, 7) is 3.96. The predicted octanol–water partition coefficient (Wildman–Crippen LogP) is -0.237. The summed E-state index contributed by atoms with van der Waals surface area (Å²) >= 11 is 0. The minimum atomic E-state index is -0.163. The number of rotatable bonds is 5. The normalized spacial score (nSPS) is 16.7. The van der Waals surface area contributed by atoms with Gasteiger partial charge in [0.2, 0.25) is 11.8 Å². The fourth-order valence-corrected chi connectivity index (χ4v) is 1.79. The number of amides is 1. The van der Waals surface area contributed by atoms with Crippen molar-refractivity contribution in [3.8, 4) is 0 Å². The molecule has 1 fully saturated rings. The lowest BCUT2D eigenvalue weighted by Crippen LogP contribution is -2.35. The van der Waals surface area contributed by atoms with Crippen molar-refractivity contribution in [1.29, 1.82) is 0 Å². The Balaban J connectivity index is 1.62. The highest BCUT2D eigenvalue weighted by Crippen LogP contribution is 2.06. The average Bonchev–Trinajstić information content (AvgIpc) is 2.81. The van der Waals surface area contributed by atoms with E-state index < -0.39 is 0 Å². The second-order valence-electron chi connectivity index (χ2n) is 4.27. The molecule has 1 saturated heterocycles. The van der Waals surface area contributed by atoms with Gasteiger partial charge in [-0.25, -0.2) is 0 Å². The minimum Gasteiger partial charge on any atom is -0.368 e. The van der Waals surface area contributed by atoms with Gasteiger partial charge in [0.25, 0.3) is 0 Å². The summed E-state index contributed by atoms with van der Waals surface area (Å²) in [5, 5.41) is 9.56. The van der Waals surface area contributed by atoms with Gasteiger partial charge in [0, 0.05) is 0 Å². The van der Waals surface area contributed by atoms with Gasteiger partial charge in [-0.15, -0.1) is 0 Å². The summed E-state index contributed by atoms with van der Waals surface area (Å²) in [5.74, 6) is 0.803. The van der Waals surface area contributed by atoms with E-state index in [1.54, 1.807) is 6.92 Å². The summed E-state index contributed by atoms with van der Waals surface area (Å²) in [7, 11) is 0. The summed E-state index contributed by atoms with van der Waals surface area (Å²) in [6, 6.07) is 0. The molecule has 0 atom stereocenters. The topological polar surface area (TPSA) is 89.3 Å². The summed E-state index contributed by atoms with van der Waals surface area (Å²) in [5.41, 5.74) is 0. The fraction of sp³-hybridized carbons (Fsp3) is 0.727. The number of aromatic nitrogens is 2. The van der Waals surface area contributed by atoms with Gasteiger partial charge >= 0.3 is 0 Å². The van der Waals surface area contributed by atoms with Crippen molar-refractivity contribution in [2.75, 3.05) is 19.7 Å². The largest absolute Gasteiger partial charge is 0.368 e. The van der Waals surface area contributed by atoms with Crippen LogP contribution in [0.2, 0.25) is 0 Å². The maximum absolute atomic E-state index is 11.5. The van der Waals surface area contributed by atoms with Crippen molar-refractivity contribution in [3.63, 3.8) is 0 Å². The van der Waals surface area contributed by atoms with Crippen LogP contribution < -0.4 is 10.6 Å². The van der Waals surface area contributed by atoms with Crippen LogP contribution >= 0.6 is 0 Å². The van der Waals surface area contributed by atoms with E-state index >= 15 is 0 Å². The monoisotopic (exact) mass is 254 g/mol. The molecule has 0 aromatic carbocycles. The maximum atomic E-state index is 11.5. The third kappa shape index (κ3) is 4.08. The summed E-state index contributed by atoms with van der Waals surface area (Å²) < 4.78 is 10.4.